The number of halogens is 1. The molecule has 0 aliphatic carbocycles. The Labute approximate surface area is 122 Å². The molecule has 1 saturated heterocycles. The number of rotatable bonds is 4. The highest BCUT2D eigenvalue weighted by Crippen LogP contribution is 2.25. The number of anilines is 1. The molecule has 1 aliphatic rings. The van der Waals surface area contributed by atoms with Gasteiger partial charge in [0, 0.05) is 25.7 Å². The van der Waals surface area contributed by atoms with Crippen LogP contribution in [0.2, 0.25) is 0 Å². The van der Waals surface area contributed by atoms with Gasteiger partial charge in [0.05, 0.1) is 11.9 Å². The van der Waals surface area contributed by atoms with Crippen LogP contribution in [-0.4, -0.2) is 36.0 Å². The van der Waals surface area contributed by atoms with Crippen molar-refractivity contribution < 1.29 is 0 Å². The molecule has 5 nitrogen and oxygen atoms in total. The molecule has 1 aromatic rings. The van der Waals surface area contributed by atoms with Gasteiger partial charge in [0.15, 0.2) is 0 Å². The minimum atomic E-state index is -0.0425. The molecule has 0 amide bonds. The van der Waals surface area contributed by atoms with Crippen molar-refractivity contribution in [3.05, 3.63) is 21.0 Å². The van der Waals surface area contributed by atoms with E-state index in [4.69, 9.17) is 0 Å². The number of nitrogens with one attached hydrogen (secondary N) is 1. The van der Waals surface area contributed by atoms with E-state index < -0.39 is 0 Å². The van der Waals surface area contributed by atoms with Gasteiger partial charge in [-0.3, -0.25) is 4.79 Å². The lowest BCUT2D eigenvalue weighted by molar-refractivity contribution is 0.462. The summed E-state index contributed by atoms with van der Waals surface area (Å²) in [6.45, 7) is 6.68. The lowest BCUT2D eigenvalue weighted by Gasteiger charge is -2.20. The van der Waals surface area contributed by atoms with E-state index in [1.807, 2.05) is 7.05 Å². The Morgan fingerprint density at radius 2 is 2.32 bits per heavy atom. The Kier molecular flexibility index (Phi) is 4.62. The van der Waals surface area contributed by atoms with E-state index in [-0.39, 0.29) is 5.56 Å². The van der Waals surface area contributed by atoms with Gasteiger partial charge < -0.3 is 10.2 Å². The monoisotopic (exact) mass is 328 g/mol. The van der Waals surface area contributed by atoms with Crippen LogP contribution in [0.3, 0.4) is 0 Å². The first-order chi connectivity index (χ1) is 9.02. The molecule has 0 bridgehead atoms. The Hall–Kier alpha value is -0.880. The zero-order chi connectivity index (χ0) is 14.0. The summed E-state index contributed by atoms with van der Waals surface area (Å²) in [6.07, 6.45) is 2.89. The van der Waals surface area contributed by atoms with Crippen molar-refractivity contribution in [1.29, 1.82) is 0 Å². The first kappa shape index (κ1) is 14.5. The zero-order valence-corrected chi connectivity index (χ0v) is 13.3. The molecule has 0 saturated carbocycles. The predicted molar refractivity (Wildman–Crippen MR) is 80.7 cm³/mol. The number of likely N-dealkylation sites (N-methyl/N-ethyl adjacent to an activating group) is 1. The van der Waals surface area contributed by atoms with Gasteiger partial charge in [-0.1, -0.05) is 13.8 Å². The van der Waals surface area contributed by atoms with E-state index in [1.54, 1.807) is 6.20 Å². The molecule has 2 rings (SSSR count). The summed E-state index contributed by atoms with van der Waals surface area (Å²) in [6, 6.07) is 0.491. The Balaban J connectivity index is 2.24. The van der Waals surface area contributed by atoms with Crippen molar-refractivity contribution in [2.45, 2.75) is 32.9 Å². The van der Waals surface area contributed by atoms with Crippen LogP contribution < -0.4 is 15.8 Å². The summed E-state index contributed by atoms with van der Waals surface area (Å²) >= 11 is 3.44. The molecule has 1 aliphatic heterocycles. The van der Waals surface area contributed by atoms with Crippen molar-refractivity contribution in [3.63, 3.8) is 0 Å². The topological polar surface area (TPSA) is 50.2 Å². The molecule has 2 heterocycles. The molecular weight excluding hydrogens is 308 g/mol. The van der Waals surface area contributed by atoms with Crippen LogP contribution in [0.5, 0.6) is 0 Å². The highest BCUT2D eigenvalue weighted by Gasteiger charge is 2.24. The molecule has 0 spiro atoms. The van der Waals surface area contributed by atoms with Gasteiger partial charge in [0.25, 0.3) is 5.56 Å². The molecular formula is C13H21BrN4O. The van der Waals surface area contributed by atoms with Crippen LogP contribution in [0.15, 0.2) is 15.5 Å². The van der Waals surface area contributed by atoms with Crippen molar-refractivity contribution >= 4 is 21.6 Å². The predicted octanol–water partition coefficient (Wildman–Crippen LogP) is 1.46. The zero-order valence-electron chi connectivity index (χ0n) is 11.7. The highest BCUT2D eigenvalue weighted by atomic mass is 79.9. The number of aromatic nitrogens is 2. The maximum Gasteiger partial charge on any atom is 0.283 e. The maximum absolute atomic E-state index is 12.2. The average molecular weight is 329 g/mol. The molecule has 1 atom stereocenters. The maximum atomic E-state index is 12.2. The van der Waals surface area contributed by atoms with Crippen LogP contribution in [0, 0.1) is 5.92 Å². The van der Waals surface area contributed by atoms with E-state index >= 15 is 0 Å². The first-order valence-corrected chi connectivity index (χ1v) is 7.50. The quantitative estimate of drug-likeness (QED) is 0.909. The largest absolute Gasteiger partial charge is 0.368 e. The fraction of sp³-hybridized carbons (Fsp3) is 0.692. The molecule has 6 heteroatoms. The van der Waals surface area contributed by atoms with Gasteiger partial charge in [-0.15, -0.1) is 0 Å². The second kappa shape index (κ2) is 6.05. The van der Waals surface area contributed by atoms with Crippen molar-refractivity contribution in [1.82, 2.24) is 15.1 Å². The molecule has 19 heavy (non-hydrogen) atoms. The van der Waals surface area contributed by atoms with Crippen molar-refractivity contribution in [2.75, 3.05) is 25.0 Å². The van der Waals surface area contributed by atoms with Crippen molar-refractivity contribution in [3.8, 4) is 0 Å². The third kappa shape index (κ3) is 3.17. The van der Waals surface area contributed by atoms with E-state index in [1.165, 1.54) is 4.68 Å². The van der Waals surface area contributed by atoms with Crippen LogP contribution in [0.1, 0.15) is 20.3 Å². The number of hydrogen-bond acceptors (Lipinski definition) is 4. The van der Waals surface area contributed by atoms with Crippen molar-refractivity contribution in [2.24, 2.45) is 5.92 Å². The number of nitrogens with zero attached hydrogens (tertiary/aromatic N) is 3. The molecule has 0 radical (unpaired) electrons. The smallest absolute Gasteiger partial charge is 0.283 e. The molecule has 1 aromatic heterocycles. The summed E-state index contributed by atoms with van der Waals surface area (Å²) in [5.74, 6) is 0.406. The molecule has 0 aromatic carbocycles. The SMILES string of the molecule is CNC1CCN(c2cnn(CC(C)C)c(=O)c2Br)C1. The van der Waals surface area contributed by atoms with Crippen LogP contribution >= 0.6 is 15.9 Å². The van der Waals surface area contributed by atoms with E-state index in [0.29, 0.717) is 23.0 Å². The second-order valence-corrected chi connectivity index (χ2v) is 6.24. The Morgan fingerprint density at radius 3 is 2.89 bits per heavy atom. The minimum Gasteiger partial charge on any atom is -0.368 e. The molecule has 1 N–H and O–H groups in total. The Bertz CT molecular complexity index is 500. The first-order valence-electron chi connectivity index (χ1n) is 6.70. The summed E-state index contributed by atoms with van der Waals surface area (Å²) in [5.41, 5.74) is 0.863. The molecule has 1 fully saturated rings. The van der Waals surface area contributed by atoms with E-state index in [0.717, 1.165) is 25.2 Å². The minimum absolute atomic E-state index is 0.0425. The lowest BCUT2D eigenvalue weighted by atomic mass is 10.2. The standard InChI is InChI=1S/C13H21BrN4O/c1-9(2)7-18-13(19)12(14)11(6-16-18)17-5-4-10(8-17)15-3/h6,9-10,15H,4-5,7-8H2,1-3H3. The Morgan fingerprint density at radius 1 is 1.58 bits per heavy atom. The van der Waals surface area contributed by atoms with Gasteiger partial charge in [0.2, 0.25) is 0 Å². The summed E-state index contributed by atoms with van der Waals surface area (Å²) in [7, 11) is 1.97. The third-order valence-electron chi connectivity index (χ3n) is 3.44. The summed E-state index contributed by atoms with van der Waals surface area (Å²) in [4.78, 5) is 14.5. The average Bonchev–Trinajstić information content (AvgIpc) is 2.83. The lowest BCUT2D eigenvalue weighted by Crippen LogP contribution is -2.32. The summed E-state index contributed by atoms with van der Waals surface area (Å²) < 4.78 is 2.16. The van der Waals surface area contributed by atoms with Crippen LogP contribution in [0.4, 0.5) is 5.69 Å². The van der Waals surface area contributed by atoms with Gasteiger partial charge in [0.1, 0.15) is 4.47 Å². The van der Waals surface area contributed by atoms with Gasteiger partial charge in [-0.25, -0.2) is 4.68 Å². The fourth-order valence-electron chi connectivity index (χ4n) is 2.37. The fourth-order valence-corrected chi connectivity index (χ4v) is 2.93. The van der Waals surface area contributed by atoms with Gasteiger partial charge in [-0.05, 0) is 35.3 Å². The van der Waals surface area contributed by atoms with Crippen LogP contribution in [-0.2, 0) is 6.54 Å². The summed E-state index contributed by atoms with van der Waals surface area (Å²) in [5, 5.41) is 7.56. The van der Waals surface area contributed by atoms with Gasteiger partial charge >= 0.3 is 0 Å². The van der Waals surface area contributed by atoms with Crippen LogP contribution in [0.25, 0.3) is 0 Å². The van der Waals surface area contributed by atoms with Gasteiger partial charge in [-0.2, -0.15) is 5.10 Å². The van der Waals surface area contributed by atoms with E-state index in [2.05, 4.69) is 45.1 Å². The highest BCUT2D eigenvalue weighted by molar-refractivity contribution is 9.10. The normalized spacial score (nSPS) is 19.4. The second-order valence-electron chi connectivity index (χ2n) is 5.45. The molecule has 1 unspecified atom stereocenters. The third-order valence-corrected chi connectivity index (χ3v) is 4.19. The molecule has 106 valence electrons. The van der Waals surface area contributed by atoms with E-state index in [9.17, 15) is 4.79 Å². The number of hydrogen-bond donors (Lipinski definition) is 1.